The molecule has 0 radical (unpaired) electrons. The van der Waals surface area contributed by atoms with Gasteiger partial charge in [-0.2, -0.15) is 0 Å². The SMILES string of the molecule is c1ccc(N2c3cccc4c3[SiH]3c5c(cccc5Oc5c3c2cc2c3c6c(cc52)Oc2cccc5c2[SiH]6c2c(cccc2N3c2ccccc2)O5)O4)cc1. The molecule has 0 spiro atoms. The Labute approximate surface area is 312 Å². The van der Waals surface area contributed by atoms with Crippen molar-refractivity contribution >= 4 is 93.6 Å². The summed E-state index contributed by atoms with van der Waals surface area (Å²) in [5, 5.41) is 9.82. The summed E-state index contributed by atoms with van der Waals surface area (Å²) in [6.45, 7) is 0. The van der Waals surface area contributed by atoms with E-state index in [9.17, 15) is 0 Å². The van der Waals surface area contributed by atoms with Crippen LogP contribution in [-0.2, 0) is 0 Å². The van der Waals surface area contributed by atoms with Crippen molar-refractivity contribution in [3.63, 3.8) is 0 Å². The fourth-order valence-corrected chi connectivity index (χ4v) is 17.5. The lowest BCUT2D eigenvalue weighted by atomic mass is 10.0. The highest BCUT2D eigenvalue weighted by Crippen LogP contribution is 2.53. The minimum absolute atomic E-state index is 0.889. The number of hydrogen-bond acceptors (Lipinski definition) is 6. The number of ether oxygens (including phenoxy) is 4. The number of anilines is 6. The van der Waals surface area contributed by atoms with Gasteiger partial charge < -0.3 is 28.7 Å². The van der Waals surface area contributed by atoms with Gasteiger partial charge in [0.05, 0.1) is 11.4 Å². The van der Waals surface area contributed by atoms with Gasteiger partial charge in [-0.05, 0) is 84.9 Å². The van der Waals surface area contributed by atoms with Crippen LogP contribution in [0.25, 0.3) is 10.8 Å². The van der Waals surface area contributed by atoms with Crippen molar-refractivity contribution in [2.24, 2.45) is 0 Å². The molecule has 8 aromatic rings. The van der Waals surface area contributed by atoms with E-state index in [2.05, 4.69) is 149 Å². The molecule has 0 saturated carbocycles. The maximum Gasteiger partial charge on any atom is 0.157 e. The molecule has 6 nitrogen and oxygen atoms in total. The van der Waals surface area contributed by atoms with Gasteiger partial charge >= 0.3 is 0 Å². The van der Waals surface area contributed by atoms with Crippen molar-refractivity contribution in [3.05, 3.63) is 146 Å². The molecule has 0 bridgehead atoms. The Morgan fingerprint density at radius 1 is 0.333 bits per heavy atom. The molecule has 2 atom stereocenters. The van der Waals surface area contributed by atoms with E-state index in [4.69, 9.17) is 18.9 Å². The van der Waals surface area contributed by atoms with Gasteiger partial charge in [0.25, 0.3) is 0 Å². The molecule has 252 valence electrons. The van der Waals surface area contributed by atoms with E-state index in [1.54, 1.807) is 0 Å². The molecule has 0 amide bonds. The summed E-state index contributed by atoms with van der Waals surface area (Å²) in [6, 6.07) is 51.8. The fourth-order valence-electron chi connectivity index (χ4n) is 10.1. The number of fused-ring (bicyclic) bond motifs is 3. The largest absolute Gasteiger partial charge is 0.457 e. The van der Waals surface area contributed by atoms with Gasteiger partial charge in [0, 0.05) is 64.6 Å². The summed E-state index contributed by atoms with van der Waals surface area (Å²) in [4.78, 5) is 4.90. The Hall–Kier alpha value is -6.75. The number of para-hydroxylation sites is 2. The minimum Gasteiger partial charge on any atom is -0.457 e. The third kappa shape index (κ3) is 3.25. The second-order valence-electron chi connectivity index (χ2n) is 14.7. The number of nitrogens with zero attached hydrogens (tertiary/aromatic N) is 2. The molecule has 0 fully saturated rings. The van der Waals surface area contributed by atoms with Crippen molar-refractivity contribution in [1.82, 2.24) is 0 Å². The number of hydrogen-bond donors (Lipinski definition) is 0. The van der Waals surface area contributed by atoms with Crippen LogP contribution >= 0.6 is 0 Å². The lowest BCUT2D eigenvalue weighted by Gasteiger charge is -2.45. The molecule has 6 heterocycles. The van der Waals surface area contributed by atoms with Crippen molar-refractivity contribution in [1.29, 1.82) is 0 Å². The molecule has 0 N–H and O–H groups in total. The van der Waals surface area contributed by atoms with Gasteiger partial charge in [0.15, 0.2) is 17.6 Å². The maximum absolute atomic E-state index is 7.24. The summed E-state index contributed by atoms with van der Waals surface area (Å²) < 4.78 is 27.6. The van der Waals surface area contributed by atoms with E-state index in [1.807, 2.05) is 6.07 Å². The molecule has 14 rings (SSSR count). The van der Waals surface area contributed by atoms with Crippen LogP contribution < -0.4 is 59.9 Å². The Kier molecular flexibility index (Phi) is 4.96. The first-order valence-corrected chi connectivity index (χ1v) is 21.9. The third-order valence-electron chi connectivity index (χ3n) is 12.1. The van der Waals surface area contributed by atoms with Crippen molar-refractivity contribution < 1.29 is 18.9 Å². The Bertz CT molecular complexity index is 3010. The molecule has 2 unspecified atom stereocenters. The zero-order valence-electron chi connectivity index (χ0n) is 28.5. The van der Waals surface area contributed by atoms with Crippen molar-refractivity contribution in [2.75, 3.05) is 9.80 Å². The molecule has 0 saturated heterocycles. The zero-order chi connectivity index (χ0) is 34.8. The molecule has 6 aliphatic rings. The predicted molar refractivity (Wildman–Crippen MR) is 219 cm³/mol. The summed E-state index contributed by atoms with van der Waals surface area (Å²) in [5.41, 5.74) is 6.88. The lowest BCUT2D eigenvalue weighted by molar-refractivity contribution is 0.462. The number of rotatable bonds is 2. The molecule has 8 heteroatoms. The van der Waals surface area contributed by atoms with E-state index >= 15 is 0 Å². The normalized spacial score (nSPS) is 17.4. The van der Waals surface area contributed by atoms with Gasteiger partial charge in [-0.25, -0.2) is 0 Å². The summed E-state index contributed by atoms with van der Waals surface area (Å²) in [7, 11) is -4.16. The smallest absolute Gasteiger partial charge is 0.157 e. The molecule has 54 heavy (non-hydrogen) atoms. The first-order valence-electron chi connectivity index (χ1n) is 18.4. The van der Waals surface area contributed by atoms with Crippen LogP contribution in [0.1, 0.15) is 0 Å². The Morgan fingerprint density at radius 3 is 1.43 bits per heavy atom. The minimum atomic E-state index is -2.08. The van der Waals surface area contributed by atoms with Crippen LogP contribution in [-0.4, -0.2) is 17.6 Å². The van der Waals surface area contributed by atoms with Crippen molar-refractivity contribution in [3.8, 4) is 46.0 Å². The van der Waals surface area contributed by atoms with Crippen LogP contribution in [0.4, 0.5) is 34.1 Å². The number of benzene rings is 8. The third-order valence-corrected chi connectivity index (χ3v) is 19.0. The topological polar surface area (TPSA) is 43.4 Å². The standard InChI is InChI=1S/C46H26N2O4Si2/c1-3-11-25(12-4-1)47-29-15-7-17-32-41(29)53-43-31(47)23-27-28(40(43)52-37-22-10-20-35(49-32)45(37)53)24-38-46-39(27)48(26-13-5-2-6-14-26)30-16-8-18-33-42(30)54(46)44-34(50-33)19-9-21-36(44)51-38/h1-24,53-54H. The predicted octanol–water partition coefficient (Wildman–Crippen LogP) is 7.33. The van der Waals surface area contributed by atoms with Crippen LogP contribution in [0.5, 0.6) is 46.0 Å². The Balaban J connectivity index is 1.17. The zero-order valence-corrected chi connectivity index (χ0v) is 30.8. The van der Waals surface area contributed by atoms with Crippen LogP contribution in [0.2, 0.25) is 0 Å². The van der Waals surface area contributed by atoms with E-state index in [-0.39, 0.29) is 0 Å². The molecule has 0 aromatic heterocycles. The first-order chi connectivity index (χ1) is 26.8. The summed E-state index contributed by atoms with van der Waals surface area (Å²) >= 11 is 0. The van der Waals surface area contributed by atoms with Crippen LogP contribution in [0.15, 0.2) is 146 Å². The highest BCUT2D eigenvalue weighted by atomic mass is 28.3. The van der Waals surface area contributed by atoms with E-state index in [0.717, 1.165) is 68.1 Å². The molecular weight excluding hydrogens is 701 g/mol. The molecule has 0 aliphatic carbocycles. The molecule has 8 aromatic carbocycles. The second kappa shape index (κ2) is 9.62. The van der Waals surface area contributed by atoms with Gasteiger partial charge in [-0.15, -0.1) is 0 Å². The van der Waals surface area contributed by atoms with Crippen molar-refractivity contribution in [2.45, 2.75) is 0 Å². The first kappa shape index (κ1) is 27.8. The quantitative estimate of drug-likeness (QED) is 0.174. The van der Waals surface area contributed by atoms with E-state index in [0.29, 0.717) is 0 Å². The highest BCUT2D eigenvalue weighted by Gasteiger charge is 2.50. The summed E-state index contributed by atoms with van der Waals surface area (Å²) in [6.07, 6.45) is 0. The molecule has 6 aliphatic heterocycles. The monoisotopic (exact) mass is 726 g/mol. The van der Waals surface area contributed by atoms with Gasteiger partial charge in [-0.3, -0.25) is 0 Å². The van der Waals surface area contributed by atoms with Crippen LogP contribution in [0, 0.1) is 0 Å². The Morgan fingerprint density at radius 2 is 0.815 bits per heavy atom. The van der Waals surface area contributed by atoms with E-state index in [1.165, 1.54) is 53.9 Å². The van der Waals surface area contributed by atoms with Gasteiger partial charge in [-0.1, -0.05) is 60.7 Å². The maximum atomic E-state index is 7.24. The second-order valence-corrected chi connectivity index (χ2v) is 19.9. The highest BCUT2D eigenvalue weighted by molar-refractivity contribution is 7.02. The fraction of sp³-hybridized carbons (Fsp3) is 0. The lowest BCUT2D eigenvalue weighted by Crippen LogP contribution is -2.62. The average molecular weight is 727 g/mol. The van der Waals surface area contributed by atoms with Crippen LogP contribution in [0.3, 0.4) is 0 Å². The summed E-state index contributed by atoms with van der Waals surface area (Å²) in [5.74, 6) is 7.31. The molecular formula is C46H26N2O4Si2. The van der Waals surface area contributed by atoms with Gasteiger partial charge in [0.2, 0.25) is 0 Å². The average Bonchev–Trinajstić information content (AvgIpc) is 3.22. The van der Waals surface area contributed by atoms with Gasteiger partial charge in [0.1, 0.15) is 46.0 Å². The van der Waals surface area contributed by atoms with E-state index < -0.39 is 17.6 Å².